The predicted molar refractivity (Wildman–Crippen MR) is 94.1 cm³/mol. The van der Waals surface area contributed by atoms with E-state index in [1.165, 1.54) is 6.07 Å². The molecule has 0 radical (unpaired) electrons. The molecule has 0 saturated carbocycles. The maximum atomic E-state index is 12.3. The van der Waals surface area contributed by atoms with Crippen LogP contribution in [0.4, 0.5) is 17.1 Å². The first-order chi connectivity index (χ1) is 12.2. The predicted octanol–water partition coefficient (Wildman–Crippen LogP) is 2.95. The Balaban J connectivity index is 2.60. The molecule has 136 valence electrons. The lowest BCUT2D eigenvalue weighted by atomic mass is 10.2. The summed E-state index contributed by atoms with van der Waals surface area (Å²) in [5, 5.41) is 9.31. The Hall–Kier alpha value is -2.68. The highest BCUT2D eigenvalue weighted by atomic mass is 16.5. The van der Waals surface area contributed by atoms with Gasteiger partial charge >= 0.3 is 0 Å². The van der Waals surface area contributed by atoms with Crippen molar-refractivity contribution in [2.75, 3.05) is 52.4 Å². The second-order valence-corrected chi connectivity index (χ2v) is 5.03. The third-order valence-electron chi connectivity index (χ3n) is 3.38. The van der Waals surface area contributed by atoms with E-state index in [9.17, 15) is 9.70 Å². The van der Waals surface area contributed by atoms with Gasteiger partial charge in [0.1, 0.15) is 5.69 Å². The number of anilines is 1. The summed E-state index contributed by atoms with van der Waals surface area (Å²) in [4.78, 5) is 27.5. The van der Waals surface area contributed by atoms with Crippen LogP contribution in [0.5, 0.6) is 0 Å². The van der Waals surface area contributed by atoms with Crippen molar-refractivity contribution in [3.8, 4) is 0 Å². The van der Waals surface area contributed by atoms with Crippen molar-refractivity contribution in [1.82, 2.24) is 4.90 Å². The quantitative estimate of drug-likeness (QED) is 0.268. The molecule has 1 aromatic carbocycles. The molecule has 0 bridgehead atoms. The second-order valence-electron chi connectivity index (χ2n) is 5.03. The molecule has 1 aromatic rings. The Morgan fingerprint density at radius 2 is 1.96 bits per heavy atom. The average molecular weight is 350 g/mol. The van der Waals surface area contributed by atoms with E-state index in [0.29, 0.717) is 44.2 Å². The van der Waals surface area contributed by atoms with E-state index >= 15 is 0 Å². The number of nitrogens with zero attached hydrogens (tertiary/aromatic N) is 5. The van der Waals surface area contributed by atoms with Gasteiger partial charge in [0.15, 0.2) is 0 Å². The van der Waals surface area contributed by atoms with Crippen molar-refractivity contribution in [2.24, 2.45) is 10.3 Å². The van der Waals surface area contributed by atoms with Gasteiger partial charge in [-0.15, -0.1) is 4.91 Å². The molecule has 0 unspecified atom stereocenters. The van der Waals surface area contributed by atoms with Crippen LogP contribution in [-0.4, -0.2) is 57.9 Å². The fraction of sp³-hybridized carbons (Fsp3) is 0.533. The van der Waals surface area contributed by atoms with E-state index in [1.54, 1.807) is 31.3 Å². The van der Waals surface area contributed by atoms with Crippen LogP contribution < -0.4 is 5.32 Å². The van der Waals surface area contributed by atoms with Crippen LogP contribution >= 0.6 is 0 Å². The van der Waals surface area contributed by atoms with Crippen molar-refractivity contribution in [3.63, 3.8) is 0 Å². The molecule has 0 aromatic heterocycles. The monoisotopic (exact) mass is 350 g/mol. The zero-order chi connectivity index (χ0) is 18.5. The van der Waals surface area contributed by atoms with Gasteiger partial charge in [-0.2, -0.15) is 0 Å². The van der Waals surface area contributed by atoms with Crippen LogP contribution in [0, 0.1) is 4.91 Å². The number of carbonyl (C=O) groups excluding carboxylic acids is 1. The second kappa shape index (κ2) is 11.8. The number of methoxy groups -OCH3 is 2. The molecule has 0 fully saturated rings. The highest BCUT2D eigenvalue weighted by molar-refractivity contribution is 5.77. The van der Waals surface area contributed by atoms with Gasteiger partial charge in [-0.25, -0.2) is 0 Å². The van der Waals surface area contributed by atoms with E-state index in [4.69, 9.17) is 15.0 Å². The van der Waals surface area contributed by atoms with Gasteiger partial charge in [0.05, 0.1) is 18.9 Å². The molecule has 25 heavy (non-hydrogen) atoms. The van der Waals surface area contributed by atoms with Crippen molar-refractivity contribution in [1.29, 1.82) is 0 Å². The van der Waals surface area contributed by atoms with E-state index in [-0.39, 0.29) is 18.0 Å². The third-order valence-corrected chi connectivity index (χ3v) is 3.38. The number of rotatable bonds is 12. The summed E-state index contributed by atoms with van der Waals surface area (Å²) in [7, 11) is 3.16. The van der Waals surface area contributed by atoms with Gasteiger partial charge in [0, 0.05) is 50.9 Å². The summed E-state index contributed by atoms with van der Waals surface area (Å²) < 4.78 is 10.0. The molecule has 0 heterocycles. The first-order valence-electron chi connectivity index (χ1n) is 7.68. The first-order valence-corrected chi connectivity index (χ1v) is 7.68. The largest absolute Gasteiger partial charge is 0.383 e. The maximum absolute atomic E-state index is 12.3. The van der Waals surface area contributed by atoms with Crippen LogP contribution in [-0.2, 0) is 14.3 Å². The maximum Gasteiger partial charge on any atom is 0.224 e. The highest BCUT2D eigenvalue weighted by Gasteiger charge is 2.13. The molecule has 10 nitrogen and oxygen atoms in total. The lowest BCUT2D eigenvalue weighted by Crippen LogP contribution is -2.37. The van der Waals surface area contributed by atoms with Crippen LogP contribution in [0.1, 0.15) is 6.42 Å². The summed E-state index contributed by atoms with van der Waals surface area (Å²) in [5.74, 6) is -0.0482. The molecule has 0 aliphatic heterocycles. The lowest BCUT2D eigenvalue weighted by Gasteiger charge is -2.22. The SMILES string of the molecule is COCCN(CCOC)C(=O)CCNc1ccc(N=[N+]=[N-])cc1N=O. The number of carbonyl (C=O) groups is 1. The van der Waals surface area contributed by atoms with E-state index in [0.717, 1.165) is 0 Å². The zero-order valence-electron chi connectivity index (χ0n) is 14.3. The van der Waals surface area contributed by atoms with Crippen LogP contribution in [0.25, 0.3) is 10.4 Å². The molecular weight excluding hydrogens is 328 g/mol. The van der Waals surface area contributed by atoms with E-state index in [1.807, 2.05) is 0 Å². The number of amides is 1. The summed E-state index contributed by atoms with van der Waals surface area (Å²) in [6.07, 6.45) is 0.240. The molecule has 0 aliphatic rings. The van der Waals surface area contributed by atoms with Gasteiger partial charge in [-0.05, 0) is 22.8 Å². The molecule has 10 heteroatoms. The first kappa shape index (κ1) is 20.4. The Bertz CT molecular complexity index is 610. The molecular formula is C15H22N6O4. The fourth-order valence-electron chi connectivity index (χ4n) is 2.09. The van der Waals surface area contributed by atoms with E-state index < -0.39 is 0 Å². The van der Waals surface area contributed by atoms with Gasteiger partial charge in [0.2, 0.25) is 5.91 Å². The fourth-order valence-corrected chi connectivity index (χ4v) is 2.09. The van der Waals surface area contributed by atoms with E-state index in [2.05, 4.69) is 20.5 Å². The summed E-state index contributed by atoms with van der Waals surface area (Å²) in [6.45, 7) is 2.20. The summed E-state index contributed by atoms with van der Waals surface area (Å²) in [6, 6.07) is 4.52. The van der Waals surface area contributed by atoms with Gasteiger partial charge in [-0.3, -0.25) is 4.79 Å². The van der Waals surface area contributed by atoms with Crippen molar-refractivity contribution in [2.45, 2.75) is 6.42 Å². The van der Waals surface area contributed by atoms with Crippen LogP contribution in [0.3, 0.4) is 0 Å². The summed E-state index contributed by atoms with van der Waals surface area (Å²) >= 11 is 0. The number of hydrogen-bond acceptors (Lipinski definition) is 7. The molecule has 1 N–H and O–H groups in total. The minimum Gasteiger partial charge on any atom is -0.383 e. The number of ether oxygens (including phenoxy) is 2. The van der Waals surface area contributed by atoms with Crippen molar-refractivity contribution >= 4 is 23.0 Å². The smallest absolute Gasteiger partial charge is 0.224 e. The molecule has 0 saturated heterocycles. The number of azide groups is 1. The number of nitroso groups, excluding NO2 is 1. The number of nitrogens with one attached hydrogen (secondary N) is 1. The average Bonchev–Trinajstić information content (AvgIpc) is 2.63. The minimum atomic E-state index is -0.0482. The van der Waals surface area contributed by atoms with Crippen molar-refractivity contribution < 1.29 is 14.3 Å². The van der Waals surface area contributed by atoms with Gasteiger partial charge < -0.3 is 19.7 Å². The standard InChI is InChI=1S/C15H22N6O4/c1-24-9-7-21(8-10-25-2)15(22)5-6-17-13-4-3-12(18-20-16)11-14(13)19-23/h3-4,11,17H,5-10H2,1-2H3. The molecule has 0 atom stereocenters. The normalized spacial score (nSPS) is 10.0. The topological polar surface area (TPSA) is 129 Å². The Morgan fingerprint density at radius 3 is 2.52 bits per heavy atom. The zero-order valence-corrected chi connectivity index (χ0v) is 14.3. The molecule has 0 aliphatic carbocycles. The number of hydrogen-bond donors (Lipinski definition) is 1. The lowest BCUT2D eigenvalue weighted by molar-refractivity contribution is -0.132. The van der Waals surface area contributed by atoms with Crippen LogP contribution in [0.2, 0.25) is 0 Å². The number of benzene rings is 1. The summed E-state index contributed by atoms with van der Waals surface area (Å²) in [5.41, 5.74) is 9.29. The molecule has 1 rings (SSSR count). The van der Waals surface area contributed by atoms with Gasteiger partial charge in [0.25, 0.3) is 0 Å². The molecule has 1 amide bonds. The highest BCUT2D eigenvalue weighted by Crippen LogP contribution is 2.29. The van der Waals surface area contributed by atoms with Crippen LogP contribution in [0.15, 0.2) is 28.5 Å². The Labute approximate surface area is 145 Å². The minimum absolute atomic E-state index is 0.0482. The molecule has 0 spiro atoms. The Morgan fingerprint density at radius 1 is 1.28 bits per heavy atom. The third kappa shape index (κ3) is 7.17. The van der Waals surface area contributed by atoms with Gasteiger partial charge in [-0.1, -0.05) is 11.2 Å². The van der Waals surface area contributed by atoms with Crippen molar-refractivity contribution in [3.05, 3.63) is 33.5 Å². The Kier molecular flexibility index (Phi) is 9.61.